The quantitative estimate of drug-likeness (QED) is 0.887. The fourth-order valence-electron chi connectivity index (χ4n) is 2.71. The number of carbonyl (C=O) groups is 1. The van der Waals surface area contributed by atoms with E-state index >= 15 is 0 Å². The first-order chi connectivity index (χ1) is 12.4. The van der Waals surface area contributed by atoms with E-state index in [0.29, 0.717) is 18.8 Å². The number of aryl methyl sites for hydroxylation is 1. The van der Waals surface area contributed by atoms with E-state index in [-0.39, 0.29) is 29.2 Å². The molecule has 2 aromatic rings. The highest BCUT2D eigenvalue weighted by atomic mass is 32.2. The minimum Gasteiger partial charge on any atom is -0.379 e. The molecule has 1 aliphatic rings. The van der Waals surface area contributed by atoms with Gasteiger partial charge in [0.1, 0.15) is 10.7 Å². The zero-order valence-corrected chi connectivity index (χ0v) is 15.1. The fourth-order valence-corrected chi connectivity index (χ4v) is 4.27. The maximum absolute atomic E-state index is 14.0. The highest BCUT2D eigenvalue weighted by Gasteiger charge is 2.29. The minimum absolute atomic E-state index is 0.0252. The largest absolute Gasteiger partial charge is 0.379 e. The van der Waals surface area contributed by atoms with Crippen LogP contribution in [0, 0.1) is 12.7 Å². The summed E-state index contributed by atoms with van der Waals surface area (Å²) in [7, 11) is -3.79. The molecule has 0 aromatic heterocycles. The first-order valence-electron chi connectivity index (χ1n) is 8.14. The molecular formula is C18H19FN2O4S. The van der Waals surface area contributed by atoms with E-state index in [0.717, 1.165) is 0 Å². The molecule has 1 amide bonds. The van der Waals surface area contributed by atoms with Gasteiger partial charge in [-0.25, -0.2) is 12.8 Å². The Morgan fingerprint density at radius 1 is 1.15 bits per heavy atom. The van der Waals surface area contributed by atoms with Crippen LogP contribution in [0.5, 0.6) is 0 Å². The molecule has 1 saturated heterocycles. The van der Waals surface area contributed by atoms with Gasteiger partial charge in [-0.15, -0.1) is 0 Å². The number of ether oxygens (including phenoxy) is 1. The van der Waals surface area contributed by atoms with Gasteiger partial charge in [0, 0.05) is 13.1 Å². The number of rotatable bonds is 4. The molecule has 2 aromatic carbocycles. The average Bonchev–Trinajstić information content (AvgIpc) is 2.62. The van der Waals surface area contributed by atoms with Gasteiger partial charge in [0.2, 0.25) is 10.0 Å². The molecule has 1 N–H and O–H groups in total. The summed E-state index contributed by atoms with van der Waals surface area (Å²) in [6.45, 7) is 2.86. The molecule has 1 aliphatic heterocycles. The van der Waals surface area contributed by atoms with Gasteiger partial charge < -0.3 is 10.1 Å². The summed E-state index contributed by atoms with van der Waals surface area (Å²) in [6.07, 6.45) is 0. The van der Waals surface area contributed by atoms with E-state index in [1.807, 2.05) is 0 Å². The highest BCUT2D eigenvalue weighted by Crippen LogP contribution is 2.26. The topological polar surface area (TPSA) is 75.7 Å². The number of anilines is 1. The van der Waals surface area contributed by atoms with E-state index in [2.05, 4.69) is 5.32 Å². The first-order valence-corrected chi connectivity index (χ1v) is 9.58. The van der Waals surface area contributed by atoms with Crippen molar-refractivity contribution in [2.75, 3.05) is 31.6 Å². The Kier molecular flexibility index (Phi) is 5.36. The maximum atomic E-state index is 14.0. The Balaban J connectivity index is 1.91. The van der Waals surface area contributed by atoms with E-state index < -0.39 is 21.7 Å². The number of para-hydroxylation sites is 1. The van der Waals surface area contributed by atoms with Crippen molar-refractivity contribution < 1.29 is 22.3 Å². The Morgan fingerprint density at radius 2 is 1.85 bits per heavy atom. The zero-order valence-electron chi connectivity index (χ0n) is 14.2. The maximum Gasteiger partial charge on any atom is 0.258 e. The Bertz CT molecular complexity index is 925. The van der Waals surface area contributed by atoms with E-state index in [9.17, 15) is 17.6 Å². The van der Waals surface area contributed by atoms with Crippen molar-refractivity contribution >= 4 is 21.6 Å². The monoisotopic (exact) mass is 378 g/mol. The molecule has 0 spiro atoms. The van der Waals surface area contributed by atoms with Crippen molar-refractivity contribution in [3.63, 3.8) is 0 Å². The molecule has 0 bridgehead atoms. The van der Waals surface area contributed by atoms with Gasteiger partial charge in [0.05, 0.1) is 24.5 Å². The summed E-state index contributed by atoms with van der Waals surface area (Å²) in [5.74, 6) is -1.36. The van der Waals surface area contributed by atoms with Crippen LogP contribution in [0.15, 0.2) is 47.4 Å². The number of carbonyl (C=O) groups excluding carboxylic acids is 1. The lowest BCUT2D eigenvalue weighted by Crippen LogP contribution is -2.40. The van der Waals surface area contributed by atoms with Gasteiger partial charge in [0.25, 0.3) is 5.91 Å². The second-order valence-corrected chi connectivity index (χ2v) is 7.86. The predicted octanol–water partition coefficient (Wildman–Crippen LogP) is 2.41. The van der Waals surface area contributed by atoms with Crippen molar-refractivity contribution in [2.24, 2.45) is 0 Å². The summed E-state index contributed by atoms with van der Waals surface area (Å²) in [4.78, 5) is 12.4. The summed E-state index contributed by atoms with van der Waals surface area (Å²) in [5.41, 5.74) is 0.660. The molecular weight excluding hydrogens is 359 g/mol. The highest BCUT2D eigenvalue weighted by molar-refractivity contribution is 7.89. The number of amides is 1. The molecule has 0 saturated carbocycles. The lowest BCUT2D eigenvalue weighted by molar-refractivity contribution is 0.0730. The Morgan fingerprint density at radius 3 is 2.54 bits per heavy atom. The van der Waals surface area contributed by atoms with Gasteiger partial charge >= 0.3 is 0 Å². The van der Waals surface area contributed by atoms with Gasteiger partial charge in [-0.3, -0.25) is 4.79 Å². The van der Waals surface area contributed by atoms with Crippen molar-refractivity contribution in [1.29, 1.82) is 0 Å². The summed E-state index contributed by atoms with van der Waals surface area (Å²) in [6, 6.07) is 10.3. The van der Waals surface area contributed by atoms with Crippen LogP contribution in [0.2, 0.25) is 0 Å². The molecule has 0 radical (unpaired) electrons. The minimum atomic E-state index is -3.79. The SMILES string of the molecule is Cc1ccc(C(=O)Nc2ccccc2S(=O)(=O)N2CCOCC2)c(F)c1. The molecule has 6 nitrogen and oxygen atoms in total. The summed E-state index contributed by atoms with van der Waals surface area (Å²) < 4.78 is 46.3. The van der Waals surface area contributed by atoms with Gasteiger partial charge in [0.15, 0.2) is 0 Å². The summed E-state index contributed by atoms with van der Waals surface area (Å²) >= 11 is 0. The smallest absolute Gasteiger partial charge is 0.258 e. The molecule has 0 unspecified atom stereocenters. The molecule has 8 heteroatoms. The number of benzene rings is 2. The van der Waals surface area contributed by atoms with Crippen LogP contribution in [0.4, 0.5) is 10.1 Å². The van der Waals surface area contributed by atoms with E-state index in [1.165, 1.54) is 28.6 Å². The van der Waals surface area contributed by atoms with Crippen molar-refractivity contribution in [2.45, 2.75) is 11.8 Å². The van der Waals surface area contributed by atoms with Crippen LogP contribution >= 0.6 is 0 Å². The predicted molar refractivity (Wildman–Crippen MR) is 95.1 cm³/mol. The van der Waals surface area contributed by atoms with Gasteiger partial charge in [-0.05, 0) is 36.8 Å². The fraction of sp³-hybridized carbons (Fsp3) is 0.278. The second-order valence-electron chi connectivity index (χ2n) is 5.95. The number of nitrogens with one attached hydrogen (secondary N) is 1. The third kappa shape index (κ3) is 3.77. The van der Waals surface area contributed by atoms with Crippen molar-refractivity contribution in [3.05, 3.63) is 59.4 Å². The standard InChI is InChI=1S/C18H19FN2O4S/c1-13-6-7-14(15(19)12-13)18(22)20-16-4-2-3-5-17(16)26(23,24)21-8-10-25-11-9-21/h2-7,12H,8-11H2,1H3,(H,20,22). The second kappa shape index (κ2) is 7.53. The van der Waals surface area contributed by atoms with Crippen molar-refractivity contribution in [3.8, 4) is 0 Å². The lowest BCUT2D eigenvalue weighted by atomic mass is 10.1. The number of hydrogen-bond acceptors (Lipinski definition) is 4. The van der Waals surface area contributed by atoms with Gasteiger partial charge in [-0.2, -0.15) is 4.31 Å². The molecule has 0 aliphatic carbocycles. The number of nitrogens with zero attached hydrogens (tertiary/aromatic N) is 1. The number of halogens is 1. The van der Waals surface area contributed by atoms with Crippen LogP contribution in [-0.4, -0.2) is 44.9 Å². The molecule has 138 valence electrons. The number of morpholine rings is 1. The van der Waals surface area contributed by atoms with Crippen LogP contribution in [0.3, 0.4) is 0 Å². The Labute approximate surface area is 151 Å². The first kappa shape index (κ1) is 18.5. The van der Waals surface area contributed by atoms with Crippen molar-refractivity contribution in [1.82, 2.24) is 4.31 Å². The van der Waals surface area contributed by atoms with Crippen LogP contribution in [0.1, 0.15) is 15.9 Å². The number of sulfonamides is 1. The summed E-state index contributed by atoms with van der Waals surface area (Å²) in [5, 5.41) is 2.52. The molecule has 26 heavy (non-hydrogen) atoms. The molecule has 1 heterocycles. The van der Waals surface area contributed by atoms with Gasteiger partial charge in [-0.1, -0.05) is 18.2 Å². The van der Waals surface area contributed by atoms with Crippen LogP contribution in [-0.2, 0) is 14.8 Å². The molecule has 3 rings (SSSR count). The molecule has 0 atom stereocenters. The lowest BCUT2D eigenvalue weighted by Gasteiger charge is -2.27. The molecule has 1 fully saturated rings. The van der Waals surface area contributed by atoms with Crippen LogP contribution in [0.25, 0.3) is 0 Å². The Hall–Kier alpha value is -2.29. The third-order valence-electron chi connectivity index (χ3n) is 4.09. The number of hydrogen-bond donors (Lipinski definition) is 1. The van der Waals surface area contributed by atoms with E-state index in [1.54, 1.807) is 25.1 Å². The van der Waals surface area contributed by atoms with E-state index in [4.69, 9.17) is 4.74 Å². The van der Waals surface area contributed by atoms with Crippen LogP contribution < -0.4 is 5.32 Å². The average molecular weight is 378 g/mol. The third-order valence-corrected chi connectivity index (χ3v) is 6.05. The zero-order chi connectivity index (χ0) is 18.7. The normalized spacial score (nSPS) is 15.6.